The fourth-order valence-electron chi connectivity index (χ4n) is 3.71. The molecule has 0 saturated heterocycles. The number of para-hydroxylation sites is 2. The van der Waals surface area contributed by atoms with Gasteiger partial charge in [0.05, 0.1) is 22.0 Å². The molecule has 2 heterocycles. The molecule has 0 N–H and O–H groups in total. The zero-order chi connectivity index (χ0) is 27.4. The maximum Gasteiger partial charge on any atom is 0.435 e. The van der Waals surface area contributed by atoms with Crippen molar-refractivity contribution in [2.75, 3.05) is 0 Å². The largest absolute Gasteiger partial charge is 0.457 e. The number of aromatic nitrogens is 3. The number of pyridine rings is 1. The van der Waals surface area contributed by atoms with Gasteiger partial charge in [-0.25, -0.2) is 14.5 Å². The van der Waals surface area contributed by atoms with Crippen LogP contribution in [0.3, 0.4) is 0 Å². The van der Waals surface area contributed by atoms with Crippen molar-refractivity contribution in [3.8, 4) is 28.6 Å². The van der Waals surface area contributed by atoms with Crippen molar-refractivity contribution in [2.24, 2.45) is 0 Å². The van der Waals surface area contributed by atoms with E-state index in [0.29, 0.717) is 28.4 Å². The van der Waals surface area contributed by atoms with Gasteiger partial charge in [-0.1, -0.05) is 54.1 Å². The number of benzene rings is 3. The standard InChI is InChI=1S/C29H19ClF3N3O3/c30-23-8-4-5-9-24(23)36-25(16-26(35-36)29(31,32)33)20-11-13-21(14-12-20)28(37)38-18-19-10-15-27(34-17-19)39-22-6-2-1-3-7-22/h1-17H,18H2. The lowest BCUT2D eigenvalue weighted by atomic mass is 10.1. The maximum atomic E-state index is 13.4. The monoisotopic (exact) mass is 549 g/mol. The third kappa shape index (κ3) is 6.10. The number of hydrogen-bond donors (Lipinski definition) is 0. The second kappa shape index (κ2) is 11.0. The van der Waals surface area contributed by atoms with E-state index in [1.807, 2.05) is 30.3 Å². The summed E-state index contributed by atoms with van der Waals surface area (Å²) in [7, 11) is 0. The highest BCUT2D eigenvalue weighted by Gasteiger charge is 2.35. The first-order valence-electron chi connectivity index (χ1n) is 11.7. The van der Waals surface area contributed by atoms with Gasteiger partial charge in [0.2, 0.25) is 5.88 Å². The molecule has 2 aromatic heterocycles. The lowest BCUT2D eigenvalue weighted by Crippen LogP contribution is -2.07. The zero-order valence-corrected chi connectivity index (χ0v) is 20.9. The number of carbonyl (C=O) groups is 1. The van der Waals surface area contributed by atoms with Crippen LogP contribution in [0.5, 0.6) is 11.6 Å². The summed E-state index contributed by atoms with van der Waals surface area (Å²) in [6.45, 7) is -0.0204. The number of alkyl halides is 3. The summed E-state index contributed by atoms with van der Waals surface area (Å²) in [5.41, 5.74) is 0.697. The highest BCUT2D eigenvalue weighted by atomic mass is 35.5. The van der Waals surface area contributed by atoms with Crippen LogP contribution in [0.2, 0.25) is 5.02 Å². The Hall–Kier alpha value is -4.63. The summed E-state index contributed by atoms with van der Waals surface area (Å²) in [4.78, 5) is 16.8. The van der Waals surface area contributed by atoms with E-state index in [9.17, 15) is 18.0 Å². The van der Waals surface area contributed by atoms with Crippen molar-refractivity contribution in [3.05, 3.63) is 125 Å². The fourth-order valence-corrected chi connectivity index (χ4v) is 3.92. The number of ether oxygens (including phenoxy) is 2. The van der Waals surface area contributed by atoms with Crippen LogP contribution in [0.25, 0.3) is 16.9 Å². The fraction of sp³-hybridized carbons (Fsp3) is 0.0690. The number of rotatable bonds is 7. The van der Waals surface area contributed by atoms with Crippen LogP contribution in [0, 0.1) is 0 Å². The number of hydrogen-bond acceptors (Lipinski definition) is 5. The average molecular weight is 550 g/mol. The molecule has 0 atom stereocenters. The smallest absolute Gasteiger partial charge is 0.435 e. The lowest BCUT2D eigenvalue weighted by Gasteiger charge is -2.10. The van der Waals surface area contributed by atoms with Gasteiger partial charge in [-0.2, -0.15) is 18.3 Å². The normalized spacial score (nSPS) is 11.3. The molecule has 5 aromatic rings. The predicted molar refractivity (Wildman–Crippen MR) is 139 cm³/mol. The molecule has 0 amide bonds. The van der Waals surface area contributed by atoms with Gasteiger partial charge >= 0.3 is 12.1 Å². The number of nitrogens with zero attached hydrogens (tertiary/aromatic N) is 3. The Bertz CT molecular complexity index is 1590. The molecule has 196 valence electrons. The molecule has 0 fully saturated rings. The van der Waals surface area contributed by atoms with Gasteiger partial charge in [0.15, 0.2) is 5.69 Å². The minimum absolute atomic E-state index is 0.0204. The summed E-state index contributed by atoms with van der Waals surface area (Å²) in [5.74, 6) is 0.454. The van der Waals surface area contributed by atoms with Crippen molar-refractivity contribution in [3.63, 3.8) is 0 Å². The third-order valence-corrected chi connectivity index (χ3v) is 5.95. The molecule has 0 aliphatic rings. The van der Waals surface area contributed by atoms with Crippen molar-refractivity contribution in [1.29, 1.82) is 0 Å². The van der Waals surface area contributed by atoms with Gasteiger partial charge in [0.1, 0.15) is 12.4 Å². The predicted octanol–water partition coefficient (Wildman–Crippen LogP) is 7.76. The van der Waals surface area contributed by atoms with E-state index < -0.39 is 17.8 Å². The van der Waals surface area contributed by atoms with Crippen molar-refractivity contribution < 1.29 is 27.4 Å². The second-order valence-corrected chi connectivity index (χ2v) is 8.76. The van der Waals surface area contributed by atoms with Gasteiger partial charge in [-0.05, 0) is 48.5 Å². The van der Waals surface area contributed by atoms with E-state index in [-0.39, 0.29) is 22.9 Å². The second-order valence-electron chi connectivity index (χ2n) is 8.35. The molecule has 3 aromatic carbocycles. The van der Waals surface area contributed by atoms with E-state index in [0.717, 1.165) is 10.7 Å². The Morgan fingerprint density at radius 1 is 0.897 bits per heavy atom. The Balaban J connectivity index is 1.29. The summed E-state index contributed by atoms with van der Waals surface area (Å²) in [5, 5.41) is 3.98. The zero-order valence-electron chi connectivity index (χ0n) is 20.1. The molecular weight excluding hydrogens is 531 g/mol. The van der Waals surface area contributed by atoms with Gasteiger partial charge in [0.25, 0.3) is 0 Å². The summed E-state index contributed by atoms with van der Waals surface area (Å²) < 4.78 is 52.5. The molecule has 0 spiro atoms. The SMILES string of the molecule is O=C(OCc1ccc(Oc2ccccc2)nc1)c1ccc(-c2cc(C(F)(F)F)nn2-c2ccccc2Cl)cc1. The first kappa shape index (κ1) is 26.0. The quantitative estimate of drug-likeness (QED) is 0.194. The Morgan fingerprint density at radius 2 is 1.62 bits per heavy atom. The van der Waals surface area contributed by atoms with Crippen LogP contribution >= 0.6 is 11.6 Å². The van der Waals surface area contributed by atoms with Crippen LogP contribution < -0.4 is 4.74 Å². The van der Waals surface area contributed by atoms with Crippen LogP contribution in [0.1, 0.15) is 21.6 Å². The summed E-state index contributed by atoms with van der Waals surface area (Å²) in [6.07, 6.45) is -3.10. The van der Waals surface area contributed by atoms with Gasteiger partial charge < -0.3 is 9.47 Å². The van der Waals surface area contributed by atoms with E-state index in [1.165, 1.54) is 24.3 Å². The third-order valence-electron chi connectivity index (χ3n) is 5.63. The molecule has 5 rings (SSSR count). The molecule has 39 heavy (non-hydrogen) atoms. The van der Waals surface area contributed by atoms with Crippen molar-refractivity contribution in [1.82, 2.24) is 14.8 Å². The molecule has 0 bridgehead atoms. The molecule has 6 nitrogen and oxygen atoms in total. The molecular formula is C29H19ClF3N3O3. The van der Waals surface area contributed by atoms with E-state index in [4.69, 9.17) is 21.1 Å². The number of carbonyl (C=O) groups excluding carboxylic acids is 1. The molecule has 10 heteroatoms. The summed E-state index contributed by atoms with van der Waals surface area (Å²) in [6, 6.07) is 26.0. The van der Waals surface area contributed by atoms with Gasteiger partial charge in [-0.15, -0.1) is 0 Å². The Labute approximate surface area is 226 Å². The summed E-state index contributed by atoms with van der Waals surface area (Å²) >= 11 is 6.22. The average Bonchev–Trinajstić information content (AvgIpc) is 3.40. The topological polar surface area (TPSA) is 66.2 Å². The van der Waals surface area contributed by atoms with E-state index in [1.54, 1.807) is 42.6 Å². The highest BCUT2D eigenvalue weighted by Crippen LogP contribution is 2.34. The Morgan fingerprint density at radius 3 is 2.28 bits per heavy atom. The lowest BCUT2D eigenvalue weighted by molar-refractivity contribution is -0.141. The minimum Gasteiger partial charge on any atom is -0.457 e. The van der Waals surface area contributed by atoms with Gasteiger partial charge in [0, 0.05) is 23.4 Å². The first-order chi connectivity index (χ1) is 18.8. The van der Waals surface area contributed by atoms with E-state index in [2.05, 4.69) is 10.1 Å². The molecule has 0 aliphatic carbocycles. The van der Waals surface area contributed by atoms with Crippen LogP contribution in [-0.4, -0.2) is 20.7 Å². The van der Waals surface area contributed by atoms with Crippen molar-refractivity contribution in [2.45, 2.75) is 12.8 Å². The molecule has 0 unspecified atom stereocenters. The highest BCUT2D eigenvalue weighted by molar-refractivity contribution is 6.32. The van der Waals surface area contributed by atoms with Crippen LogP contribution in [-0.2, 0) is 17.5 Å². The Kier molecular flexibility index (Phi) is 7.33. The van der Waals surface area contributed by atoms with Crippen LogP contribution in [0.15, 0.2) is 103 Å². The molecule has 0 radical (unpaired) electrons. The number of halogens is 4. The van der Waals surface area contributed by atoms with Gasteiger partial charge in [-0.3, -0.25) is 0 Å². The van der Waals surface area contributed by atoms with E-state index >= 15 is 0 Å². The van der Waals surface area contributed by atoms with Crippen molar-refractivity contribution >= 4 is 17.6 Å². The minimum atomic E-state index is -4.65. The number of esters is 1. The molecule has 0 saturated carbocycles. The molecule has 0 aliphatic heterocycles. The maximum absolute atomic E-state index is 13.4. The van der Waals surface area contributed by atoms with Crippen LogP contribution in [0.4, 0.5) is 13.2 Å². The first-order valence-corrected chi connectivity index (χ1v) is 12.0.